The fourth-order valence-electron chi connectivity index (χ4n) is 3.05. The molecule has 4 aromatic rings. The van der Waals surface area contributed by atoms with E-state index in [9.17, 15) is 4.39 Å². The number of aromatic nitrogens is 1. The molecule has 1 aromatic heterocycles. The fourth-order valence-corrected chi connectivity index (χ4v) is 4.03. The topological polar surface area (TPSA) is 29.6 Å². The van der Waals surface area contributed by atoms with E-state index >= 15 is 0 Å². The molecule has 1 heterocycles. The average molecular weight is 436 g/mol. The molecule has 0 atom stereocenters. The van der Waals surface area contributed by atoms with Crippen molar-refractivity contribution in [2.45, 2.75) is 13.5 Å². The molecule has 0 aliphatic rings. The van der Waals surface area contributed by atoms with Gasteiger partial charge in [0.15, 0.2) is 0 Å². The van der Waals surface area contributed by atoms with Gasteiger partial charge in [0, 0.05) is 10.4 Å². The minimum atomic E-state index is -0.268. The summed E-state index contributed by atoms with van der Waals surface area (Å²) in [6.45, 7) is 2.54. The molecule has 0 N–H and O–H groups in total. The Labute approximate surface area is 183 Å². The predicted octanol–water partition coefficient (Wildman–Crippen LogP) is 6.38. The van der Waals surface area contributed by atoms with Crippen LogP contribution in [0.25, 0.3) is 11.3 Å². The third-order valence-electron chi connectivity index (χ3n) is 4.67. The standard InChI is InChI=1S/C24H19ClFN3S/c1-17(19-9-13-22(26)14-10-19)27-28-24-29(15-18-5-3-2-4-6-18)23(16-30-24)20-7-11-21(25)12-8-20/h2-14,16H,15H2,1H3. The van der Waals surface area contributed by atoms with Gasteiger partial charge in [0.2, 0.25) is 4.80 Å². The number of benzene rings is 3. The Bertz CT molecular complexity index is 1220. The van der Waals surface area contributed by atoms with E-state index in [0.29, 0.717) is 11.6 Å². The van der Waals surface area contributed by atoms with Crippen molar-refractivity contribution < 1.29 is 4.39 Å². The highest BCUT2D eigenvalue weighted by Gasteiger charge is 2.09. The van der Waals surface area contributed by atoms with Crippen molar-refractivity contribution >= 4 is 28.6 Å². The molecule has 0 aliphatic heterocycles. The van der Waals surface area contributed by atoms with Gasteiger partial charge in [0.05, 0.1) is 18.0 Å². The summed E-state index contributed by atoms with van der Waals surface area (Å²) in [5.41, 5.74) is 4.85. The van der Waals surface area contributed by atoms with Crippen molar-refractivity contribution in [3.8, 4) is 11.3 Å². The second kappa shape index (κ2) is 9.20. The van der Waals surface area contributed by atoms with Crippen LogP contribution in [-0.2, 0) is 6.54 Å². The van der Waals surface area contributed by atoms with E-state index < -0.39 is 0 Å². The van der Waals surface area contributed by atoms with Crippen molar-refractivity contribution in [2.24, 2.45) is 10.2 Å². The van der Waals surface area contributed by atoms with Crippen LogP contribution in [0.5, 0.6) is 0 Å². The number of nitrogens with zero attached hydrogens (tertiary/aromatic N) is 3. The lowest BCUT2D eigenvalue weighted by molar-refractivity contribution is 0.628. The molecular weight excluding hydrogens is 417 g/mol. The maximum Gasteiger partial charge on any atom is 0.211 e. The van der Waals surface area contributed by atoms with Gasteiger partial charge < -0.3 is 4.57 Å². The zero-order valence-electron chi connectivity index (χ0n) is 16.3. The summed E-state index contributed by atoms with van der Waals surface area (Å²) in [6, 6.07) is 24.3. The SMILES string of the molecule is CC(=NN=c1scc(-c2ccc(Cl)cc2)n1Cc1ccccc1)c1ccc(F)cc1. The molecule has 0 saturated carbocycles. The Balaban J connectivity index is 1.77. The molecule has 0 radical (unpaired) electrons. The largest absolute Gasteiger partial charge is 0.311 e. The lowest BCUT2D eigenvalue weighted by Crippen LogP contribution is -2.16. The molecule has 0 bridgehead atoms. The summed E-state index contributed by atoms with van der Waals surface area (Å²) in [4.78, 5) is 0.783. The quantitative estimate of drug-likeness (QED) is 0.257. The highest BCUT2D eigenvalue weighted by atomic mass is 35.5. The van der Waals surface area contributed by atoms with E-state index in [1.165, 1.54) is 29.0 Å². The summed E-state index contributed by atoms with van der Waals surface area (Å²) in [6.07, 6.45) is 0. The van der Waals surface area contributed by atoms with Crippen LogP contribution in [0.2, 0.25) is 5.02 Å². The van der Waals surface area contributed by atoms with Gasteiger partial charge in [0.1, 0.15) is 5.82 Å². The second-order valence-corrected chi connectivity index (χ2v) is 8.05. The van der Waals surface area contributed by atoms with Gasteiger partial charge in [-0.05, 0) is 47.9 Å². The normalized spacial score (nSPS) is 12.4. The first kappa shape index (κ1) is 20.3. The van der Waals surface area contributed by atoms with E-state index in [1.807, 2.05) is 49.4 Å². The van der Waals surface area contributed by atoms with Crippen molar-refractivity contribution in [3.05, 3.63) is 111 Å². The monoisotopic (exact) mass is 435 g/mol. The average Bonchev–Trinajstić information content (AvgIpc) is 3.16. The molecule has 0 aliphatic carbocycles. The maximum absolute atomic E-state index is 13.2. The van der Waals surface area contributed by atoms with E-state index in [2.05, 4.69) is 32.3 Å². The molecule has 3 aromatic carbocycles. The molecule has 30 heavy (non-hydrogen) atoms. The van der Waals surface area contributed by atoms with Gasteiger partial charge in [0.25, 0.3) is 0 Å². The number of hydrogen-bond donors (Lipinski definition) is 0. The highest BCUT2D eigenvalue weighted by molar-refractivity contribution is 7.07. The molecule has 0 unspecified atom stereocenters. The van der Waals surface area contributed by atoms with Gasteiger partial charge in [-0.1, -0.05) is 66.2 Å². The second-order valence-electron chi connectivity index (χ2n) is 6.77. The van der Waals surface area contributed by atoms with Crippen LogP contribution in [0.3, 0.4) is 0 Å². The minimum Gasteiger partial charge on any atom is -0.311 e. The summed E-state index contributed by atoms with van der Waals surface area (Å²) in [5, 5.41) is 11.7. The van der Waals surface area contributed by atoms with E-state index in [-0.39, 0.29) is 5.82 Å². The minimum absolute atomic E-state index is 0.268. The first-order valence-electron chi connectivity index (χ1n) is 9.42. The number of hydrogen-bond acceptors (Lipinski definition) is 3. The Hall–Kier alpha value is -3.02. The molecule has 3 nitrogen and oxygen atoms in total. The number of halogens is 2. The molecule has 0 fully saturated rings. The van der Waals surface area contributed by atoms with E-state index in [0.717, 1.165) is 27.3 Å². The van der Waals surface area contributed by atoms with Gasteiger partial charge in [-0.15, -0.1) is 16.4 Å². The Kier molecular flexibility index (Phi) is 6.21. The smallest absolute Gasteiger partial charge is 0.211 e. The van der Waals surface area contributed by atoms with Gasteiger partial charge >= 0.3 is 0 Å². The fraction of sp³-hybridized carbons (Fsp3) is 0.0833. The van der Waals surface area contributed by atoms with E-state index in [4.69, 9.17) is 11.6 Å². The summed E-state index contributed by atoms with van der Waals surface area (Å²) >= 11 is 7.59. The van der Waals surface area contributed by atoms with Crippen LogP contribution in [-0.4, -0.2) is 10.3 Å². The van der Waals surface area contributed by atoms with Crippen molar-refractivity contribution in [1.29, 1.82) is 0 Å². The lowest BCUT2D eigenvalue weighted by Gasteiger charge is -2.09. The Morgan fingerprint density at radius 2 is 1.67 bits per heavy atom. The molecule has 150 valence electrons. The molecule has 4 rings (SSSR count). The van der Waals surface area contributed by atoms with Gasteiger partial charge in [-0.2, -0.15) is 5.10 Å². The molecule has 6 heteroatoms. The molecule has 0 amide bonds. The Morgan fingerprint density at radius 1 is 0.967 bits per heavy atom. The number of rotatable bonds is 5. The maximum atomic E-state index is 13.2. The predicted molar refractivity (Wildman–Crippen MR) is 122 cm³/mol. The first-order valence-corrected chi connectivity index (χ1v) is 10.7. The summed E-state index contributed by atoms with van der Waals surface area (Å²) in [7, 11) is 0. The van der Waals surface area contributed by atoms with Crippen molar-refractivity contribution in [3.63, 3.8) is 0 Å². The zero-order valence-corrected chi connectivity index (χ0v) is 17.9. The van der Waals surface area contributed by atoms with Crippen LogP contribution < -0.4 is 4.80 Å². The molecular formula is C24H19ClFN3S. The Morgan fingerprint density at radius 3 is 2.37 bits per heavy atom. The lowest BCUT2D eigenvalue weighted by atomic mass is 10.1. The van der Waals surface area contributed by atoms with Crippen LogP contribution in [0.15, 0.2) is 94.4 Å². The van der Waals surface area contributed by atoms with Gasteiger partial charge in [-0.25, -0.2) is 4.39 Å². The van der Waals surface area contributed by atoms with Crippen molar-refractivity contribution in [2.75, 3.05) is 0 Å². The highest BCUT2D eigenvalue weighted by Crippen LogP contribution is 2.23. The van der Waals surface area contributed by atoms with Crippen LogP contribution >= 0.6 is 22.9 Å². The number of thiazole rings is 1. The van der Waals surface area contributed by atoms with E-state index in [1.54, 1.807) is 12.1 Å². The first-order chi connectivity index (χ1) is 14.6. The third-order valence-corrected chi connectivity index (χ3v) is 5.77. The van der Waals surface area contributed by atoms with Gasteiger partial charge in [-0.3, -0.25) is 0 Å². The molecule has 0 spiro atoms. The third kappa shape index (κ3) is 4.75. The summed E-state index contributed by atoms with van der Waals surface area (Å²) < 4.78 is 15.3. The summed E-state index contributed by atoms with van der Waals surface area (Å²) in [5.74, 6) is -0.268. The van der Waals surface area contributed by atoms with Crippen LogP contribution in [0.1, 0.15) is 18.1 Å². The molecule has 0 saturated heterocycles. The zero-order chi connectivity index (χ0) is 20.9. The van der Waals surface area contributed by atoms with Crippen molar-refractivity contribution in [1.82, 2.24) is 4.57 Å². The van der Waals surface area contributed by atoms with Crippen LogP contribution in [0, 0.1) is 5.82 Å². The van der Waals surface area contributed by atoms with Crippen LogP contribution in [0.4, 0.5) is 4.39 Å².